The number of amides is 3. The van der Waals surface area contributed by atoms with Gasteiger partial charge in [-0.25, -0.2) is 13.6 Å². The third-order valence-electron chi connectivity index (χ3n) is 6.03. The zero-order valence-electron chi connectivity index (χ0n) is 18.8. The topological polar surface area (TPSA) is 82.2 Å². The molecular formula is C24H26F2N4O4. The van der Waals surface area contributed by atoms with Crippen molar-refractivity contribution in [1.82, 2.24) is 15.1 Å². The van der Waals surface area contributed by atoms with Crippen LogP contribution in [0.1, 0.15) is 12.5 Å². The smallest absolute Gasteiger partial charge is 0.414 e. The van der Waals surface area contributed by atoms with Gasteiger partial charge in [0, 0.05) is 50.8 Å². The van der Waals surface area contributed by atoms with E-state index in [1.54, 1.807) is 23.1 Å². The Hall–Kier alpha value is -3.53. The summed E-state index contributed by atoms with van der Waals surface area (Å²) in [4.78, 5) is 39.1. The number of carbonyl (C=O) groups excluding carboxylic acids is 3. The molecule has 10 heteroatoms. The van der Waals surface area contributed by atoms with Crippen molar-refractivity contribution in [3.63, 3.8) is 0 Å². The minimum absolute atomic E-state index is 0.177. The van der Waals surface area contributed by atoms with Crippen molar-refractivity contribution in [2.45, 2.75) is 19.6 Å². The van der Waals surface area contributed by atoms with E-state index in [0.29, 0.717) is 49.5 Å². The Morgan fingerprint density at radius 3 is 2.53 bits per heavy atom. The van der Waals surface area contributed by atoms with Crippen LogP contribution in [-0.2, 0) is 20.9 Å². The second-order valence-corrected chi connectivity index (χ2v) is 8.44. The predicted octanol–water partition coefficient (Wildman–Crippen LogP) is 2.37. The van der Waals surface area contributed by atoms with Gasteiger partial charge in [-0.2, -0.15) is 0 Å². The molecule has 1 N–H and O–H groups in total. The molecule has 2 heterocycles. The normalized spacial score (nSPS) is 18.7. The van der Waals surface area contributed by atoms with Crippen LogP contribution < -0.4 is 10.2 Å². The molecule has 2 aliphatic heterocycles. The predicted molar refractivity (Wildman–Crippen MR) is 121 cm³/mol. The fourth-order valence-electron chi connectivity index (χ4n) is 4.11. The van der Waals surface area contributed by atoms with Gasteiger partial charge in [0.1, 0.15) is 17.7 Å². The quantitative estimate of drug-likeness (QED) is 0.626. The molecule has 0 spiro atoms. The van der Waals surface area contributed by atoms with Gasteiger partial charge < -0.3 is 15.0 Å². The molecule has 1 atom stereocenters. The molecule has 2 aliphatic rings. The Morgan fingerprint density at radius 1 is 1.12 bits per heavy atom. The lowest BCUT2D eigenvalue weighted by atomic mass is 10.0. The van der Waals surface area contributed by atoms with Gasteiger partial charge in [-0.3, -0.25) is 19.4 Å². The van der Waals surface area contributed by atoms with E-state index in [1.807, 2.05) is 0 Å². The third kappa shape index (κ3) is 5.33. The highest BCUT2D eigenvalue weighted by Crippen LogP contribution is 2.30. The summed E-state index contributed by atoms with van der Waals surface area (Å²) in [5, 5.41) is 2.59. The van der Waals surface area contributed by atoms with Crippen LogP contribution in [-0.4, -0.2) is 73.6 Å². The molecule has 34 heavy (non-hydrogen) atoms. The molecule has 0 aromatic heterocycles. The van der Waals surface area contributed by atoms with Crippen LogP contribution in [0.5, 0.6) is 0 Å². The van der Waals surface area contributed by atoms with Crippen molar-refractivity contribution >= 4 is 24.1 Å². The number of anilines is 1. The van der Waals surface area contributed by atoms with Crippen molar-refractivity contribution in [3.05, 3.63) is 53.6 Å². The first-order chi connectivity index (χ1) is 16.3. The summed E-state index contributed by atoms with van der Waals surface area (Å²) in [6, 6.07) is 8.93. The lowest BCUT2D eigenvalue weighted by molar-refractivity contribution is -0.120. The maximum absolute atomic E-state index is 14.9. The largest absolute Gasteiger partial charge is 0.442 e. The summed E-state index contributed by atoms with van der Waals surface area (Å²) in [6.07, 6.45) is -0.322. The average Bonchev–Trinajstić information content (AvgIpc) is 3.20. The molecule has 2 aromatic carbocycles. The van der Waals surface area contributed by atoms with Crippen molar-refractivity contribution in [2.24, 2.45) is 0 Å². The van der Waals surface area contributed by atoms with Crippen LogP contribution in [0.2, 0.25) is 0 Å². The SMILES string of the molecule is CC(=O)NC[C@H]1CN(c2ccc(-c3ccc(CN4CCN(C=O)CC4)c(F)c3)c(F)c2)C(=O)O1. The summed E-state index contributed by atoms with van der Waals surface area (Å²) in [5.74, 6) is -1.25. The monoisotopic (exact) mass is 472 g/mol. The van der Waals surface area contributed by atoms with Crippen LogP contribution in [0, 0.1) is 11.6 Å². The minimum Gasteiger partial charge on any atom is -0.442 e. The van der Waals surface area contributed by atoms with E-state index >= 15 is 0 Å². The lowest BCUT2D eigenvalue weighted by Crippen LogP contribution is -2.45. The molecule has 2 fully saturated rings. The number of piperazine rings is 1. The van der Waals surface area contributed by atoms with E-state index in [1.165, 1.54) is 30.0 Å². The van der Waals surface area contributed by atoms with E-state index in [4.69, 9.17) is 4.74 Å². The molecule has 2 aromatic rings. The minimum atomic E-state index is -0.619. The Balaban J connectivity index is 1.44. The number of hydrogen-bond acceptors (Lipinski definition) is 5. The number of hydrogen-bond donors (Lipinski definition) is 1. The van der Waals surface area contributed by atoms with Crippen LogP contribution in [0.25, 0.3) is 11.1 Å². The molecule has 180 valence electrons. The molecule has 8 nitrogen and oxygen atoms in total. The summed E-state index contributed by atoms with van der Waals surface area (Å²) in [6.45, 7) is 4.70. The van der Waals surface area contributed by atoms with E-state index in [9.17, 15) is 23.2 Å². The Kier molecular flexibility index (Phi) is 7.06. The molecule has 0 radical (unpaired) electrons. The highest BCUT2D eigenvalue weighted by Gasteiger charge is 2.32. The molecule has 0 bridgehead atoms. The number of ether oxygens (including phenoxy) is 1. The van der Waals surface area contributed by atoms with Crippen molar-refractivity contribution in [2.75, 3.05) is 44.2 Å². The molecule has 2 saturated heterocycles. The van der Waals surface area contributed by atoms with E-state index < -0.39 is 23.8 Å². The van der Waals surface area contributed by atoms with Gasteiger partial charge in [0.05, 0.1) is 18.8 Å². The first-order valence-electron chi connectivity index (χ1n) is 11.1. The zero-order valence-corrected chi connectivity index (χ0v) is 18.8. The molecule has 0 saturated carbocycles. The number of cyclic esters (lactones) is 1. The summed E-state index contributed by atoms with van der Waals surface area (Å²) in [7, 11) is 0. The van der Waals surface area contributed by atoms with Gasteiger partial charge in [-0.1, -0.05) is 12.1 Å². The molecule has 4 rings (SSSR count). The lowest BCUT2D eigenvalue weighted by Gasteiger charge is -2.32. The maximum Gasteiger partial charge on any atom is 0.414 e. The fraction of sp³-hybridized carbons (Fsp3) is 0.375. The zero-order chi connectivity index (χ0) is 24.2. The maximum atomic E-state index is 14.9. The first kappa shape index (κ1) is 23.6. The van der Waals surface area contributed by atoms with Crippen LogP contribution in [0.4, 0.5) is 19.3 Å². The van der Waals surface area contributed by atoms with Gasteiger partial charge >= 0.3 is 6.09 Å². The van der Waals surface area contributed by atoms with E-state index in [0.717, 1.165) is 6.41 Å². The second kappa shape index (κ2) is 10.2. The van der Waals surface area contributed by atoms with Crippen molar-refractivity contribution in [3.8, 4) is 11.1 Å². The number of halogens is 2. The Labute approximate surface area is 196 Å². The number of benzene rings is 2. The van der Waals surface area contributed by atoms with Gasteiger partial charge in [-0.15, -0.1) is 0 Å². The van der Waals surface area contributed by atoms with E-state index in [2.05, 4.69) is 10.2 Å². The first-order valence-corrected chi connectivity index (χ1v) is 11.1. The van der Waals surface area contributed by atoms with Gasteiger partial charge in [0.2, 0.25) is 12.3 Å². The number of carbonyl (C=O) groups is 3. The Bertz CT molecular complexity index is 1090. The Morgan fingerprint density at radius 2 is 1.88 bits per heavy atom. The molecule has 3 amide bonds. The van der Waals surface area contributed by atoms with Gasteiger partial charge in [0.25, 0.3) is 0 Å². The van der Waals surface area contributed by atoms with Crippen LogP contribution in [0.15, 0.2) is 36.4 Å². The second-order valence-electron chi connectivity index (χ2n) is 8.44. The average molecular weight is 472 g/mol. The van der Waals surface area contributed by atoms with Crippen LogP contribution in [0.3, 0.4) is 0 Å². The molecule has 0 aliphatic carbocycles. The van der Waals surface area contributed by atoms with Crippen molar-refractivity contribution < 1.29 is 27.9 Å². The number of rotatable bonds is 7. The number of nitrogens with one attached hydrogen (secondary N) is 1. The van der Waals surface area contributed by atoms with Crippen LogP contribution >= 0.6 is 0 Å². The van der Waals surface area contributed by atoms with Gasteiger partial charge in [0.15, 0.2) is 0 Å². The highest BCUT2D eigenvalue weighted by molar-refractivity contribution is 5.90. The molecular weight excluding hydrogens is 446 g/mol. The van der Waals surface area contributed by atoms with E-state index in [-0.39, 0.29) is 24.6 Å². The third-order valence-corrected chi connectivity index (χ3v) is 6.03. The summed E-state index contributed by atoms with van der Waals surface area (Å²) >= 11 is 0. The van der Waals surface area contributed by atoms with Gasteiger partial charge in [-0.05, 0) is 29.8 Å². The number of nitrogens with zero attached hydrogens (tertiary/aromatic N) is 3. The standard InChI is InChI=1S/C24H26F2N4O4/c1-16(32)27-12-20-14-30(24(33)34-20)19-4-5-21(23(26)11-19)17-2-3-18(22(25)10-17)13-28-6-8-29(15-31)9-7-28/h2-5,10-11,15,20H,6-9,12-14H2,1H3,(H,27,32)/t20-/m0/s1. The highest BCUT2D eigenvalue weighted by atomic mass is 19.1. The molecule has 0 unspecified atom stereocenters. The van der Waals surface area contributed by atoms with Crippen molar-refractivity contribution in [1.29, 1.82) is 0 Å². The summed E-state index contributed by atoms with van der Waals surface area (Å²) in [5.41, 5.74) is 1.44. The fourth-order valence-corrected chi connectivity index (χ4v) is 4.11. The summed E-state index contributed by atoms with van der Waals surface area (Å²) < 4.78 is 35.0.